The van der Waals surface area contributed by atoms with Gasteiger partial charge in [0, 0.05) is 16.8 Å². The molecule has 0 fully saturated rings. The van der Waals surface area contributed by atoms with E-state index >= 15 is 0 Å². The second-order valence-electron chi connectivity index (χ2n) is 4.09. The Balaban J connectivity index is 1.97. The summed E-state index contributed by atoms with van der Waals surface area (Å²) in [5, 5.41) is 0.655. The van der Waals surface area contributed by atoms with E-state index in [2.05, 4.69) is 15.0 Å². The summed E-state index contributed by atoms with van der Waals surface area (Å²) >= 11 is 6.05. The van der Waals surface area contributed by atoms with Gasteiger partial charge in [-0.05, 0) is 24.3 Å². The van der Waals surface area contributed by atoms with Crippen molar-refractivity contribution in [2.75, 3.05) is 0 Å². The van der Waals surface area contributed by atoms with E-state index in [0.29, 0.717) is 5.02 Å². The molecule has 0 atom stereocenters. The number of rotatable bonds is 2. The molecule has 0 spiro atoms. The molecule has 3 aromatic rings. The molecule has 0 aliphatic rings. The third kappa shape index (κ3) is 2.44. The molecule has 0 saturated carbocycles. The van der Waals surface area contributed by atoms with E-state index in [-0.39, 0.29) is 5.69 Å². The highest BCUT2D eigenvalue weighted by Gasteiger charge is 1.99. The number of nitrogens with one attached hydrogen (secondary N) is 2. The van der Waals surface area contributed by atoms with Gasteiger partial charge < -0.3 is 9.97 Å². The smallest absolute Gasteiger partial charge is 0.306 e. The van der Waals surface area contributed by atoms with Crippen LogP contribution in [0.1, 0.15) is 5.56 Å². The Kier molecular flexibility index (Phi) is 2.93. The Bertz CT molecular complexity index is 817. The van der Waals surface area contributed by atoms with E-state index in [1.165, 1.54) is 0 Å². The zero-order valence-corrected chi connectivity index (χ0v) is 10.6. The first-order valence-electron chi connectivity index (χ1n) is 5.73. The summed E-state index contributed by atoms with van der Waals surface area (Å²) in [6.45, 7) is 0. The monoisotopic (exact) mass is 271 g/mol. The van der Waals surface area contributed by atoms with E-state index in [9.17, 15) is 4.79 Å². The maximum absolute atomic E-state index is 11.2. The highest BCUT2D eigenvalue weighted by Crippen LogP contribution is 2.18. The number of hydrogen-bond donors (Lipinski definition) is 2. The summed E-state index contributed by atoms with van der Waals surface area (Å²) < 4.78 is 0. The topological polar surface area (TPSA) is 61.0 Å². The fourth-order valence-electron chi connectivity index (χ4n) is 1.82. The Morgan fingerprint density at radius 1 is 1.05 bits per heavy atom. The Labute approximate surface area is 113 Å². The molecule has 94 valence electrons. The molecule has 4 nitrogen and oxygen atoms in total. The van der Waals surface area contributed by atoms with Gasteiger partial charge in [-0.3, -0.25) is 4.99 Å². The first-order chi connectivity index (χ1) is 9.22. The van der Waals surface area contributed by atoms with Gasteiger partial charge in [0.05, 0.1) is 16.7 Å². The van der Waals surface area contributed by atoms with E-state index < -0.39 is 0 Å². The zero-order chi connectivity index (χ0) is 13.2. The van der Waals surface area contributed by atoms with Crippen molar-refractivity contribution in [2.45, 2.75) is 0 Å². The molecule has 1 heterocycles. The summed E-state index contributed by atoms with van der Waals surface area (Å²) in [5.41, 5.74) is 2.89. The number of imidazole rings is 1. The van der Waals surface area contributed by atoms with Crippen LogP contribution in [0.25, 0.3) is 11.0 Å². The Morgan fingerprint density at radius 3 is 2.68 bits per heavy atom. The number of nitrogens with zero attached hydrogens (tertiary/aromatic N) is 1. The second kappa shape index (κ2) is 4.74. The minimum Gasteiger partial charge on any atom is -0.306 e. The molecule has 1 aromatic heterocycles. The predicted octanol–water partition coefficient (Wildman–Crippen LogP) is 3.26. The molecular formula is C14H10ClN3O. The molecule has 5 heteroatoms. The fraction of sp³-hybridized carbons (Fsp3) is 0. The molecule has 2 N–H and O–H groups in total. The summed E-state index contributed by atoms with van der Waals surface area (Å²) in [7, 11) is 0. The second-order valence-corrected chi connectivity index (χ2v) is 4.50. The average Bonchev–Trinajstić information content (AvgIpc) is 2.77. The van der Waals surface area contributed by atoms with Crippen LogP contribution in [-0.4, -0.2) is 16.2 Å². The standard InChI is InChI=1S/C14H10ClN3O/c15-11-4-2-1-3-9(11)8-16-10-5-6-12-13(7-10)18-14(19)17-12/h1-8H,(H2,17,18,19). The minimum atomic E-state index is -0.220. The number of aromatic amines is 2. The van der Waals surface area contributed by atoms with E-state index in [0.717, 1.165) is 22.3 Å². The van der Waals surface area contributed by atoms with Crippen LogP contribution in [0.15, 0.2) is 52.3 Å². The largest absolute Gasteiger partial charge is 0.323 e. The molecule has 0 aliphatic carbocycles. The first kappa shape index (κ1) is 11.7. The molecule has 0 radical (unpaired) electrons. The zero-order valence-electron chi connectivity index (χ0n) is 9.85. The molecule has 0 bridgehead atoms. The van der Waals surface area contributed by atoms with Crippen molar-refractivity contribution in [3.8, 4) is 0 Å². The lowest BCUT2D eigenvalue weighted by atomic mass is 10.2. The van der Waals surface area contributed by atoms with Gasteiger partial charge in [-0.25, -0.2) is 4.79 Å². The van der Waals surface area contributed by atoms with Crippen molar-refractivity contribution < 1.29 is 0 Å². The molecule has 3 rings (SSSR count). The Morgan fingerprint density at radius 2 is 1.84 bits per heavy atom. The van der Waals surface area contributed by atoms with Crippen molar-refractivity contribution in [1.29, 1.82) is 0 Å². The molecule has 2 aromatic carbocycles. The summed E-state index contributed by atoms with van der Waals surface area (Å²) in [6.07, 6.45) is 1.70. The van der Waals surface area contributed by atoms with Gasteiger partial charge in [0.2, 0.25) is 0 Å². The highest BCUT2D eigenvalue weighted by molar-refractivity contribution is 6.33. The lowest BCUT2D eigenvalue weighted by Crippen LogP contribution is -1.99. The van der Waals surface area contributed by atoms with Crippen molar-refractivity contribution in [3.63, 3.8) is 0 Å². The van der Waals surface area contributed by atoms with E-state index in [4.69, 9.17) is 11.6 Å². The third-order valence-electron chi connectivity index (χ3n) is 2.76. The van der Waals surface area contributed by atoms with Gasteiger partial charge in [0.25, 0.3) is 0 Å². The maximum atomic E-state index is 11.2. The lowest BCUT2D eigenvalue weighted by molar-refractivity contribution is 1.21. The van der Waals surface area contributed by atoms with E-state index in [1.807, 2.05) is 36.4 Å². The number of aromatic nitrogens is 2. The van der Waals surface area contributed by atoms with Gasteiger partial charge in [-0.2, -0.15) is 0 Å². The number of halogens is 1. The quantitative estimate of drug-likeness (QED) is 0.691. The molecule has 0 unspecified atom stereocenters. The number of fused-ring (bicyclic) bond motifs is 1. The summed E-state index contributed by atoms with van der Waals surface area (Å²) in [5.74, 6) is 0. The van der Waals surface area contributed by atoms with Crippen LogP contribution in [0.4, 0.5) is 5.69 Å². The highest BCUT2D eigenvalue weighted by atomic mass is 35.5. The Hall–Kier alpha value is -2.33. The van der Waals surface area contributed by atoms with Crippen LogP contribution in [0.3, 0.4) is 0 Å². The normalized spacial score (nSPS) is 11.4. The number of H-pyrrole nitrogens is 2. The summed E-state index contributed by atoms with van der Waals surface area (Å²) in [4.78, 5) is 20.9. The van der Waals surface area contributed by atoms with Gasteiger partial charge in [0.15, 0.2) is 0 Å². The van der Waals surface area contributed by atoms with Gasteiger partial charge >= 0.3 is 5.69 Å². The van der Waals surface area contributed by atoms with Crippen molar-refractivity contribution >= 4 is 34.5 Å². The average molecular weight is 272 g/mol. The maximum Gasteiger partial charge on any atom is 0.323 e. The first-order valence-corrected chi connectivity index (χ1v) is 6.11. The van der Waals surface area contributed by atoms with Gasteiger partial charge in [-0.1, -0.05) is 29.8 Å². The SMILES string of the molecule is O=c1[nH]c2ccc(N=Cc3ccccc3Cl)cc2[nH]1. The molecule has 19 heavy (non-hydrogen) atoms. The fourth-order valence-corrected chi connectivity index (χ4v) is 2.01. The summed E-state index contributed by atoms with van der Waals surface area (Å²) in [6, 6.07) is 12.9. The lowest BCUT2D eigenvalue weighted by Gasteiger charge is -1.97. The van der Waals surface area contributed by atoms with Gasteiger partial charge in [0.1, 0.15) is 0 Å². The molecule has 0 saturated heterocycles. The van der Waals surface area contributed by atoms with Crippen LogP contribution in [-0.2, 0) is 0 Å². The third-order valence-corrected chi connectivity index (χ3v) is 3.10. The van der Waals surface area contributed by atoms with Crippen LogP contribution in [0, 0.1) is 0 Å². The molecule has 0 aliphatic heterocycles. The van der Waals surface area contributed by atoms with Crippen molar-refractivity contribution in [1.82, 2.24) is 9.97 Å². The van der Waals surface area contributed by atoms with Crippen LogP contribution < -0.4 is 5.69 Å². The van der Waals surface area contributed by atoms with Crippen LogP contribution in [0.2, 0.25) is 5.02 Å². The predicted molar refractivity (Wildman–Crippen MR) is 77.6 cm³/mol. The minimum absolute atomic E-state index is 0.220. The van der Waals surface area contributed by atoms with Gasteiger partial charge in [-0.15, -0.1) is 0 Å². The number of benzene rings is 2. The number of aliphatic imine (C=N–C) groups is 1. The number of hydrogen-bond acceptors (Lipinski definition) is 2. The molecular weight excluding hydrogens is 262 g/mol. The van der Waals surface area contributed by atoms with E-state index in [1.54, 1.807) is 12.3 Å². The van der Waals surface area contributed by atoms with Crippen molar-refractivity contribution in [3.05, 3.63) is 63.5 Å². The van der Waals surface area contributed by atoms with Crippen LogP contribution >= 0.6 is 11.6 Å². The van der Waals surface area contributed by atoms with Crippen LogP contribution in [0.5, 0.6) is 0 Å². The van der Waals surface area contributed by atoms with Crippen molar-refractivity contribution in [2.24, 2.45) is 4.99 Å². The molecule has 0 amide bonds.